The van der Waals surface area contributed by atoms with E-state index in [1.165, 1.54) is 0 Å². The summed E-state index contributed by atoms with van der Waals surface area (Å²) >= 11 is 0. The van der Waals surface area contributed by atoms with Crippen molar-refractivity contribution in [3.63, 3.8) is 0 Å². The molecule has 0 aromatic heterocycles. The Kier molecular flexibility index (Phi) is 4.82. The summed E-state index contributed by atoms with van der Waals surface area (Å²) in [5.74, 6) is 1.29. The predicted octanol–water partition coefficient (Wildman–Crippen LogP) is 2.94. The number of carbonyl (C=O) groups is 1. The first-order chi connectivity index (χ1) is 10.2. The van der Waals surface area contributed by atoms with Crippen LogP contribution in [0, 0.1) is 6.92 Å². The monoisotopic (exact) mass is 285 g/mol. The van der Waals surface area contributed by atoms with Crippen LogP contribution in [0.4, 0.5) is 0 Å². The van der Waals surface area contributed by atoms with Crippen molar-refractivity contribution >= 4 is 5.91 Å². The Labute approximate surface area is 124 Å². The molecule has 0 spiro atoms. The summed E-state index contributed by atoms with van der Waals surface area (Å²) in [6.07, 6.45) is 0. The Balaban J connectivity index is 2.10. The molecule has 4 nitrogen and oxygen atoms in total. The second kappa shape index (κ2) is 6.79. The Morgan fingerprint density at radius 1 is 1.10 bits per heavy atom. The lowest BCUT2D eigenvalue weighted by atomic mass is 10.1. The van der Waals surface area contributed by atoms with Gasteiger partial charge in [-0.2, -0.15) is 0 Å². The van der Waals surface area contributed by atoms with Crippen molar-refractivity contribution in [2.45, 2.75) is 13.5 Å². The summed E-state index contributed by atoms with van der Waals surface area (Å²) in [5.41, 5.74) is 2.59. The average Bonchev–Trinajstić information content (AvgIpc) is 2.52. The van der Waals surface area contributed by atoms with Gasteiger partial charge in [0, 0.05) is 12.1 Å². The van der Waals surface area contributed by atoms with Crippen LogP contribution in [0.2, 0.25) is 0 Å². The maximum absolute atomic E-state index is 12.0. The predicted molar refractivity (Wildman–Crippen MR) is 81.9 cm³/mol. The van der Waals surface area contributed by atoms with Crippen LogP contribution in [0.1, 0.15) is 21.5 Å². The third kappa shape index (κ3) is 3.54. The fourth-order valence-corrected chi connectivity index (χ4v) is 2.20. The molecule has 0 fully saturated rings. The minimum absolute atomic E-state index is 0.0944. The normalized spacial score (nSPS) is 10.0. The molecule has 2 aromatic carbocycles. The van der Waals surface area contributed by atoms with Crippen LogP contribution in [-0.4, -0.2) is 20.1 Å². The molecule has 2 aromatic rings. The zero-order chi connectivity index (χ0) is 15.2. The number of methoxy groups -OCH3 is 2. The van der Waals surface area contributed by atoms with Crippen LogP contribution in [0.3, 0.4) is 0 Å². The summed E-state index contributed by atoms with van der Waals surface area (Å²) in [7, 11) is 3.21. The first kappa shape index (κ1) is 14.9. The van der Waals surface area contributed by atoms with Gasteiger partial charge in [-0.15, -0.1) is 0 Å². The van der Waals surface area contributed by atoms with E-state index in [-0.39, 0.29) is 5.91 Å². The number of aryl methyl sites for hydroxylation is 1. The third-order valence-corrected chi connectivity index (χ3v) is 3.21. The van der Waals surface area contributed by atoms with Gasteiger partial charge in [-0.25, -0.2) is 0 Å². The maximum Gasteiger partial charge on any atom is 0.251 e. The van der Waals surface area contributed by atoms with Crippen LogP contribution < -0.4 is 14.8 Å². The Bertz CT molecular complexity index is 623. The van der Waals surface area contributed by atoms with Crippen molar-refractivity contribution in [1.29, 1.82) is 0 Å². The first-order valence-electron chi connectivity index (χ1n) is 6.70. The van der Waals surface area contributed by atoms with Crippen molar-refractivity contribution in [2.24, 2.45) is 0 Å². The number of carbonyl (C=O) groups excluding carboxylic acids is 1. The summed E-state index contributed by atoms with van der Waals surface area (Å²) < 4.78 is 10.6. The van der Waals surface area contributed by atoms with Crippen molar-refractivity contribution in [1.82, 2.24) is 5.32 Å². The molecule has 110 valence electrons. The van der Waals surface area contributed by atoms with Crippen molar-refractivity contribution in [2.75, 3.05) is 14.2 Å². The molecule has 0 unspecified atom stereocenters. The number of hydrogen-bond donors (Lipinski definition) is 1. The third-order valence-electron chi connectivity index (χ3n) is 3.21. The van der Waals surface area contributed by atoms with E-state index in [0.29, 0.717) is 17.9 Å². The summed E-state index contributed by atoms with van der Waals surface area (Å²) in [4.78, 5) is 12.0. The molecule has 0 bridgehead atoms. The SMILES string of the molecule is COc1cc(CNC(=O)c2ccccc2)cc(C)c1OC. The van der Waals surface area contributed by atoms with Crippen molar-refractivity contribution in [3.05, 3.63) is 59.2 Å². The average molecular weight is 285 g/mol. The number of benzene rings is 2. The van der Waals surface area contributed by atoms with Gasteiger partial charge in [-0.05, 0) is 36.2 Å². The molecule has 0 saturated carbocycles. The summed E-state index contributed by atoms with van der Waals surface area (Å²) in [5, 5.41) is 2.90. The zero-order valence-electron chi connectivity index (χ0n) is 12.5. The molecule has 0 aliphatic heterocycles. The topological polar surface area (TPSA) is 47.6 Å². The molecule has 0 aliphatic rings. The largest absolute Gasteiger partial charge is 0.493 e. The van der Waals surface area contributed by atoms with Crippen LogP contribution in [-0.2, 0) is 6.54 Å². The molecule has 0 aliphatic carbocycles. The Hall–Kier alpha value is -2.49. The number of amides is 1. The summed E-state index contributed by atoms with van der Waals surface area (Å²) in [6, 6.07) is 13.0. The smallest absolute Gasteiger partial charge is 0.251 e. The van der Waals surface area contributed by atoms with Gasteiger partial charge in [0.05, 0.1) is 14.2 Å². The molecule has 0 saturated heterocycles. The standard InChI is InChI=1S/C17H19NO3/c1-12-9-13(10-15(20-2)16(12)21-3)11-18-17(19)14-7-5-4-6-8-14/h4-10H,11H2,1-3H3,(H,18,19). The fourth-order valence-electron chi connectivity index (χ4n) is 2.20. The van der Waals surface area contributed by atoms with Crippen LogP contribution >= 0.6 is 0 Å². The molecule has 1 amide bonds. The van der Waals surface area contributed by atoms with Gasteiger partial charge in [0.1, 0.15) is 0 Å². The van der Waals surface area contributed by atoms with Gasteiger partial charge in [-0.1, -0.05) is 24.3 Å². The van der Waals surface area contributed by atoms with Crippen LogP contribution in [0.15, 0.2) is 42.5 Å². The minimum atomic E-state index is -0.0944. The van der Waals surface area contributed by atoms with E-state index >= 15 is 0 Å². The first-order valence-corrected chi connectivity index (χ1v) is 6.70. The lowest BCUT2D eigenvalue weighted by molar-refractivity contribution is 0.0951. The Morgan fingerprint density at radius 3 is 2.43 bits per heavy atom. The lowest BCUT2D eigenvalue weighted by Crippen LogP contribution is -2.22. The second-order valence-corrected chi connectivity index (χ2v) is 4.70. The molecule has 0 radical (unpaired) electrons. The molecule has 0 heterocycles. The molecule has 1 N–H and O–H groups in total. The highest BCUT2D eigenvalue weighted by Gasteiger charge is 2.10. The molecule has 0 atom stereocenters. The highest BCUT2D eigenvalue weighted by molar-refractivity contribution is 5.94. The zero-order valence-corrected chi connectivity index (χ0v) is 12.5. The van der Waals surface area contributed by atoms with E-state index in [4.69, 9.17) is 9.47 Å². The van der Waals surface area contributed by atoms with E-state index in [0.717, 1.165) is 16.9 Å². The fraction of sp³-hybridized carbons (Fsp3) is 0.235. The number of hydrogen-bond acceptors (Lipinski definition) is 3. The van der Waals surface area contributed by atoms with Gasteiger partial charge < -0.3 is 14.8 Å². The summed E-state index contributed by atoms with van der Waals surface area (Å²) in [6.45, 7) is 2.39. The van der Waals surface area contributed by atoms with E-state index in [2.05, 4.69) is 5.32 Å². The number of nitrogens with one attached hydrogen (secondary N) is 1. The highest BCUT2D eigenvalue weighted by Crippen LogP contribution is 2.31. The van der Waals surface area contributed by atoms with Crippen LogP contribution in [0.25, 0.3) is 0 Å². The molecular weight excluding hydrogens is 266 g/mol. The van der Waals surface area contributed by atoms with Crippen molar-refractivity contribution < 1.29 is 14.3 Å². The van der Waals surface area contributed by atoms with Crippen LogP contribution in [0.5, 0.6) is 11.5 Å². The van der Waals surface area contributed by atoms with E-state index < -0.39 is 0 Å². The van der Waals surface area contributed by atoms with Gasteiger partial charge in [0.15, 0.2) is 11.5 Å². The maximum atomic E-state index is 12.0. The molecule has 2 rings (SSSR count). The Morgan fingerprint density at radius 2 is 1.81 bits per heavy atom. The van der Waals surface area contributed by atoms with Gasteiger partial charge in [-0.3, -0.25) is 4.79 Å². The van der Waals surface area contributed by atoms with E-state index in [1.54, 1.807) is 26.4 Å². The van der Waals surface area contributed by atoms with Gasteiger partial charge in [0.2, 0.25) is 0 Å². The highest BCUT2D eigenvalue weighted by atomic mass is 16.5. The molecule has 4 heteroatoms. The van der Waals surface area contributed by atoms with E-state index in [1.807, 2.05) is 37.3 Å². The quantitative estimate of drug-likeness (QED) is 0.918. The van der Waals surface area contributed by atoms with Crippen molar-refractivity contribution in [3.8, 4) is 11.5 Å². The number of rotatable bonds is 5. The van der Waals surface area contributed by atoms with Gasteiger partial charge >= 0.3 is 0 Å². The van der Waals surface area contributed by atoms with Gasteiger partial charge in [0.25, 0.3) is 5.91 Å². The number of ether oxygens (including phenoxy) is 2. The molecular formula is C17H19NO3. The molecule has 21 heavy (non-hydrogen) atoms. The lowest BCUT2D eigenvalue weighted by Gasteiger charge is -2.13. The minimum Gasteiger partial charge on any atom is -0.493 e. The van der Waals surface area contributed by atoms with E-state index in [9.17, 15) is 4.79 Å². The second-order valence-electron chi connectivity index (χ2n) is 4.70.